The van der Waals surface area contributed by atoms with Crippen LogP contribution in [0.4, 0.5) is 5.69 Å². The lowest BCUT2D eigenvalue weighted by Gasteiger charge is -2.36. The lowest BCUT2D eigenvalue weighted by Crippen LogP contribution is -2.47. The first kappa shape index (κ1) is 23.5. The second kappa shape index (κ2) is 10.6. The van der Waals surface area contributed by atoms with Crippen LogP contribution in [0, 0.1) is 0 Å². The fraction of sp³-hybridized carbons (Fsp3) is 0.464. The van der Waals surface area contributed by atoms with Crippen LogP contribution in [-0.4, -0.2) is 92.1 Å². The molecule has 0 spiro atoms. The highest BCUT2D eigenvalue weighted by molar-refractivity contribution is 5.70. The molecule has 0 saturated carbocycles. The number of aromatic nitrogens is 2. The van der Waals surface area contributed by atoms with Crippen molar-refractivity contribution in [1.29, 1.82) is 0 Å². The number of nitrogens with zero attached hydrogens (tertiary/aromatic N) is 5. The summed E-state index contributed by atoms with van der Waals surface area (Å²) in [5.74, 6) is 1.87. The molecule has 1 aromatic heterocycles. The summed E-state index contributed by atoms with van der Waals surface area (Å²) in [6.45, 7) is 11.0. The van der Waals surface area contributed by atoms with E-state index < -0.39 is 0 Å². The van der Waals surface area contributed by atoms with Gasteiger partial charge in [-0.25, -0.2) is 4.98 Å². The molecule has 3 aliphatic rings. The van der Waals surface area contributed by atoms with Crippen molar-refractivity contribution in [3.8, 4) is 22.6 Å². The number of rotatable bonds is 7. The quantitative estimate of drug-likeness (QED) is 0.506. The molecule has 0 atom stereocenters. The molecule has 0 bridgehead atoms. The molecule has 8 heteroatoms. The molecule has 6 rings (SSSR count). The summed E-state index contributed by atoms with van der Waals surface area (Å²) in [7, 11) is 1.77. The molecule has 0 aliphatic carbocycles. The molecule has 2 aromatic carbocycles. The van der Waals surface area contributed by atoms with Gasteiger partial charge in [0, 0.05) is 71.4 Å². The lowest BCUT2D eigenvalue weighted by atomic mass is 10.0. The Balaban J connectivity index is 1.13. The van der Waals surface area contributed by atoms with Crippen LogP contribution in [0.2, 0.25) is 0 Å². The third-order valence-electron chi connectivity index (χ3n) is 7.44. The minimum absolute atomic E-state index is 0.495. The summed E-state index contributed by atoms with van der Waals surface area (Å²) >= 11 is 0. The van der Waals surface area contributed by atoms with E-state index in [2.05, 4.69) is 67.9 Å². The van der Waals surface area contributed by atoms with Crippen molar-refractivity contribution in [2.24, 2.45) is 0 Å². The summed E-state index contributed by atoms with van der Waals surface area (Å²) < 4.78 is 19.0. The summed E-state index contributed by atoms with van der Waals surface area (Å²) in [5, 5.41) is 0. The van der Waals surface area contributed by atoms with E-state index in [4.69, 9.17) is 19.2 Å². The van der Waals surface area contributed by atoms with Crippen LogP contribution < -0.4 is 9.64 Å². The van der Waals surface area contributed by atoms with Crippen LogP contribution >= 0.6 is 0 Å². The van der Waals surface area contributed by atoms with Gasteiger partial charge in [0.1, 0.15) is 12.4 Å². The van der Waals surface area contributed by atoms with Gasteiger partial charge in [0.25, 0.3) is 0 Å². The van der Waals surface area contributed by atoms with Gasteiger partial charge >= 0.3 is 0 Å². The molecule has 36 heavy (non-hydrogen) atoms. The van der Waals surface area contributed by atoms with Crippen molar-refractivity contribution in [2.75, 3.05) is 77.6 Å². The van der Waals surface area contributed by atoms with E-state index in [1.165, 1.54) is 16.8 Å². The van der Waals surface area contributed by atoms with E-state index in [0.717, 1.165) is 95.1 Å². The standard InChI is InChI=1S/C28H35N5O3/c1-34-15-12-30-8-10-32(11-9-30)25-5-2-22(3-6-25)23-4-7-26-27(18-23)36-21-28-29-24(20-33(26)28)19-31-13-16-35-17-14-31/h2-7,18,20H,8-17,19,21H2,1H3. The Morgan fingerprint density at radius 3 is 2.44 bits per heavy atom. The lowest BCUT2D eigenvalue weighted by molar-refractivity contribution is 0.0337. The number of anilines is 1. The highest BCUT2D eigenvalue weighted by atomic mass is 16.5. The first-order chi connectivity index (χ1) is 17.8. The Labute approximate surface area is 213 Å². The van der Waals surface area contributed by atoms with Crippen molar-refractivity contribution < 1.29 is 14.2 Å². The Kier molecular flexibility index (Phi) is 6.92. The number of hydrogen-bond acceptors (Lipinski definition) is 7. The molecule has 0 radical (unpaired) electrons. The second-order valence-electron chi connectivity index (χ2n) is 9.75. The zero-order valence-corrected chi connectivity index (χ0v) is 21.1. The SMILES string of the molecule is COCCN1CCN(c2ccc(-c3ccc4c(c3)OCc3nc(CN5CCOCC5)cn3-4)cc2)CC1. The topological polar surface area (TPSA) is 55.2 Å². The van der Waals surface area contributed by atoms with E-state index in [1.54, 1.807) is 7.11 Å². The fourth-order valence-electron chi connectivity index (χ4n) is 5.31. The summed E-state index contributed by atoms with van der Waals surface area (Å²) in [5.41, 5.74) is 5.80. The first-order valence-electron chi connectivity index (χ1n) is 13.0. The normalized spacial score (nSPS) is 18.5. The van der Waals surface area contributed by atoms with Gasteiger partial charge in [-0.3, -0.25) is 14.4 Å². The van der Waals surface area contributed by atoms with Crippen LogP contribution in [0.15, 0.2) is 48.7 Å². The van der Waals surface area contributed by atoms with E-state index in [0.29, 0.717) is 6.61 Å². The molecule has 2 fully saturated rings. The molecule has 3 aliphatic heterocycles. The number of benzene rings is 2. The maximum absolute atomic E-state index is 6.13. The van der Waals surface area contributed by atoms with Crippen molar-refractivity contribution in [3.63, 3.8) is 0 Å². The van der Waals surface area contributed by atoms with Crippen molar-refractivity contribution in [2.45, 2.75) is 13.2 Å². The molecular weight excluding hydrogens is 454 g/mol. The third kappa shape index (κ3) is 4.99. The van der Waals surface area contributed by atoms with Crippen molar-refractivity contribution >= 4 is 5.69 Å². The van der Waals surface area contributed by atoms with Crippen LogP contribution in [0.1, 0.15) is 11.5 Å². The Hall–Kier alpha value is -2.91. The molecule has 8 nitrogen and oxygen atoms in total. The zero-order chi connectivity index (χ0) is 24.3. The number of fused-ring (bicyclic) bond motifs is 3. The average Bonchev–Trinajstić information content (AvgIpc) is 3.35. The Morgan fingerprint density at radius 1 is 0.889 bits per heavy atom. The monoisotopic (exact) mass is 489 g/mol. The van der Waals surface area contributed by atoms with E-state index in [9.17, 15) is 0 Å². The first-order valence-corrected chi connectivity index (χ1v) is 13.0. The molecule has 0 unspecified atom stereocenters. The predicted molar refractivity (Wildman–Crippen MR) is 140 cm³/mol. The van der Waals surface area contributed by atoms with Crippen molar-refractivity contribution in [1.82, 2.24) is 19.4 Å². The van der Waals surface area contributed by atoms with E-state index >= 15 is 0 Å². The van der Waals surface area contributed by atoms with Gasteiger partial charge in [0.05, 0.1) is 31.2 Å². The minimum atomic E-state index is 0.495. The third-order valence-corrected chi connectivity index (χ3v) is 7.44. The number of hydrogen-bond donors (Lipinski definition) is 0. The Bertz CT molecular complexity index is 1160. The van der Waals surface area contributed by atoms with Gasteiger partial charge in [-0.2, -0.15) is 0 Å². The van der Waals surface area contributed by atoms with Gasteiger partial charge in [-0.1, -0.05) is 18.2 Å². The van der Waals surface area contributed by atoms with Crippen LogP contribution in [-0.2, 0) is 22.6 Å². The molecule has 2 saturated heterocycles. The second-order valence-corrected chi connectivity index (χ2v) is 9.75. The van der Waals surface area contributed by atoms with Crippen molar-refractivity contribution in [3.05, 3.63) is 60.2 Å². The summed E-state index contributed by atoms with van der Waals surface area (Å²) in [4.78, 5) is 12.2. The van der Waals surface area contributed by atoms with Crippen LogP contribution in [0.25, 0.3) is 16.8 Å². The number of piperazine rings is 1. The van der Waals surface area contributed by atoms with Gasteiger partial charge in [-0.15, -0.1) is 0 Å². The fourth-order valence-corrected chi connectivity index (χ4v) is 5.31. The smallest absolute Gasteiger partial charge is 0.151 e. The minimum Gasteiger partial charge on any atom is -0.483 e. The predicted octanol–water partition coefficient (Wildman–Crippen LogP) is 3.03. The number of morpholine rings is 1. The molecule has 3 aromatic rings. The zero-order valence-electron chi connectivity index (χ0n) is 21.1. The summed E-state index contributed by atoms with van der Waals surface area (Å²) in [6, 6.07) is 15.4. The maximum atomic E-state index is 6.13. The molecule has 0 amide bonds. The van der Waals surface area contributed by atoms with Crippen LogP contribution in [0.3, 0.4) is 0 Å². The summed E-state index contributed by atoms with van der Waals surface area (Å²) in [6.07, 6.45) is 2.16. The average molecular weight is 490 g/mol. The Morgan fingerprint density at radius 2 is 1.67 bits per heavy atom. The van der Waals surface area contributed by atoms with Gasteiger partial charge in [0.2, 0.25) is 0 Å². The molecule has 190 valence electrons. The maximum Gasteiger partial charge on any atom is 0.151 e. The highest BCUT2D eigenvalue weighted by Crippen LogP contribution is 2.35. The molecule has 0 N–H and O–H groups in total. The van der Waals surface area contributed by atoms with Gasteiger partial charge in [0.15, 0.2) is 5.82 Å². The van der Waals surface area contributed by atoms with E-state index in [-0.39, 0.29) is 0 Å². The van der Waals surface area contributed by atoms with Gasteiger partial charge in [-0.05, 0) is 35.4 Å². The number of ether oxygens (including phenoxy) is 3. The largest absolute Gasteiger partial charge is 0.483 e. The molecule has 4 heterocycles. The highest BCUT2D eigenvalue weighted by Gasteiger charge is 2.22. The molecular formula is C28H35N5O3. The van der Waals surface area contributed by atoms with E-state index in [1.807, 2.05) is 0 Å². The number of imidazole rings is 1. The van der Waals surface area contributed by atoms with Crippen LogP contribution in [0.5, 0.6) is 5.75 Å². The number of methoxy groups -OCH3 is 1. The van der Waals surface area contributed by atoms with Gasteiger partial charge < -0.3 is 19.1 Å².